The Bertz CT molecular complexity index is 1020. The Balaban J connectivity index is 1.34. The van der Waals surface area contributed by atoms with Crippen LogP contribution in [0.15, 0.2) is 40.5 Å². The summed E-state index contributed by atoms with van der Waals surface area (Å²) in [4.78, 5) is 20.5. The Morgan fingerprint density at radius 2 is 1.93 bits per heavy atom. The largest absolute Gasteiger partial charge is 0.332 e. The molecule has 1 unspecified atom stereocenters. The van der Waals surface area contributed by atoms with Crippen LogP contribution in [0.4, 0.5) is 0 Å². The minimum atomic E-state index is 0.202. The van der Waals surface area contributed by atoms with Gasteiger partial charge in [0.15, 0.2) is 0 Å². The summed E-state index contributed by atoms with van der Waals surface area (Å²) in [5.74, 6) is 0.202. The SMILES string of the molecule is O=C(c1cccc2c1cnn2C1CCCC1)N(C1CC1)C1CCC2=C(C=NC2)C1. The van der Waals surface area contributed by atoms with Gasteiger partial charge in [-0.2, -0.15) is 5.10 Å². The fourth-order valence-corrected chi connectivity index (χ4v) is 5.65. The highest BCUT2D eigenvalue weighted by Gasteiger charge is 2.40. The summed E-state index contributed by atoms with van der Waals surface area (Å²) in [5, 5.41) is 5.74. The van der Waals surface area contributed by atoms with E-state index in [0.717, 1.165) is 55.1 Å². The lowest BCUT2D eigenvalue weighted by Gasteiger charge is -2.35. The van der Waals surface area contributed by atoms with Gasteiger partial charge in [-0.25, -0.2) is 0 Å². The van der Waals surface area contributed by atoms with E-state index >= 15 is 0 Å². The van der Waals surface area contributed by atoms with Gasteiger partial charge in [-0.15, -0.1) is 0 Å². The smallest absolute Gasteiger partial charge is 0.255 e. The molecule has 3 aliphatic carbocycles. The number of fused-ring (bicyclic) bond motifs is 1. The maximum Gasteiger partial charge on any atom is 0.255 e. The molecule has 0 N–H and O–H groups in total. The molecule has 4 aliphatic rings. The zero-order valence-corrected chi connectivity index (χ0v) is 16.9. The molecule has 2 aromatic rings. The Morgan fingerprint density at radius 3 is 2.76 bits per heavy atom. The number of aliphatic imine (C=N–C) groups is 1. The number of aromatic nitrogens is 2. The third-order valence-corrected chi connectivity index (χ3v) is 7.33. The molecule has 1 atom stereocenters. The van der Waals surface area contributed by atoms with Gasteiger partial charge in [-0.3, -0.25) is 14.5 Å². The van der Waals surface area contributed by atoms with Crippen molar-refractivity contribution in [3.05, 3.63) is 41.1 Å². The third-order valence-electron chi connectivity index (χ3n) is 7.33. The molecule has 1 aromatic heterocycles. The van der Waals surface area contributed by atoms with Gasteiger partial charge in [0, 0.05) is 23.7 Å². The number of hydrogen-bond donors (Lipinski definition) is 0. The molecule has 2 saturated carbocycles. The fraction of sp³-hybridized carbons (Fsp3) is 0.542. The molecule has 1 aliphatic heterocycles. The van der Waals surface area contributed by atoms with E-state index < -0.39 is 0 Å². The van der Waals surface area contributed by atoms with Crippen molar-refractivity contribution < 1.29 is 4.79 Å². The lowest BCUT2D eigenvalue weighted by atomic mass is 9.88. The molecule has 29 heavy (non-hydrogen) atoms. The maximum absolute atomic E-state index is 13.8. The van der Waals surface area contributed by atoms with Crippen molar-refractivity contribution in [1.82, 2.24) is 14.7 Å². The number of hydrogen-bond acceptors (Lipinski definition) is 3. The second-order valence-corrected chi connectivity index (χ2v) is 9.20. The summed E-state index contributed by atoms with van der Waals surface area (Å²) in [6, 6.07) is 7.38. The number of carbonyl (C=O) groups excluding carboxylic acids is 1. The van der Waals surface area contributed by atoms with E-state index in [2.05, 4.69) is 20.6 Å². The zero-order valence-electron chi connectivity index (χ0n) is 16.9. The van der Waals surface area contributed by atoms with Gasteiger partial charge >= 0.3 is 0 Å². The van der Waals surface area contributed by atoms with Gasteiger partial charge in [-0.1, -0.05) is 18.9 Å². The van der Waals surface area contributed by atoms with E-state index in [1.54, 1.807) is 0 Å². The average Bonchev–Trinajstić information content (AvgIpc) is 3.16. The summed E-state index contributed by atoms with van der Waals surface area (Å²) >= 11 is 0. The summed E-state index contributed by atoms with van der Waals surface area (Å²) in [6.07, 6.45) is 14.3. The molecule has 150 valence electrons. The van der Waals surface area contributed by atoms with Crippen LogP contribution < -0.4 is 0 Å². The Morgan fingerprint density at radius 1 is 1.07 bits per heavy atom. The van der Waals surface area contributed by atoms with Crippen molar-refractivity contribution in [2.24, 2.45) is 4.99 Å². The van der Waals surface area contributed by atoms with Crippen LogP contribution in [0.5, 0.6) is 0 Å². The summed E-state index contributed by atoms with van der Waals surface area (Å²) in [5.41, 5.74) is 4.82. The number of rotatable bonds is 4. The molecule has 2 heterocycles. The highest BCUT2D eigenvalue weighted by atomic mass is 16.2. The molecule has 5 heteroatoms. The average molecular weight is 389 g/mol. The van der Waals surface area contributed by atoms with E-state index in [9.17, 15) is 4.79 Å². The Labute approximate surface area is 171 Å². The van der Waals surface area contributed by atoms with Crippen LogP contribution in [0, 0.1) is 0 Å². The standard InChI is InChI=1S/C24H28N4O/c29-24(27(18-10-11-18)20-9-8-16-13-25-14-17(16)12-20)21-6-3-7-23-22(21)15-26-28(23)19-4-1-2-5-19/h3,6-7,14-15,18-20H,1-2,4-5,8-13H2. The Kier molecular flexibility index (Phi) is 4.10. The van der Waals surface area contributed by atoms with Crippen LogP contribution in [0.3, 0.4) is 0 Å². The van der Waals surface area contributed by atoms with Gasteiger partial charge in [0.25, 0.3) is 5.91 Å². The highest BCUT2D eigenvalue weighted by Crippen LogP contribution is 2.38. The predicted molar refractivity (Wildman–Crippen MR) is 114 cm³/mol. The van der Waals surface area contributed by atoms with E-state index in [-0.39, 0.29) is 5.91 Å². The summed E-state index contributed by atoms with van der Waals surface area (Å²) < 4.78 is 2.17. The molecular weight excluding hydrogens is 360 g/mol. The van der Waals surface area contributed by atoms with Gasteiger partial charge < -0.3 is 4.90 Å². The van der Waals surface area contributed by atoms with Crippen molar-refractivity contribution in [2.75, 3.05) is 6.54 Å². The molecule has 0 bridgehead atoms. The number of carbonyl (C=O) groups is 1. The monoisotopic (exact) mass is 388 g/mol. The number of nitrogens with zero attached hydrogens (tertiary/aromatic N) is 4. The minimum absolute atomic E-state index is 0.202. The third kappa shape index (κ3) is 2.93. The normalized spacial score (nSPS) is 24.5. The minimum Gasteiger partial charge on any atom is -0.332 e. The van der Waals surface area contributed by atoms with Crippen molar-refractivity contribution in [1.29, 1.82) is 0 Å². The van der Waals surface area contributed by atoms with Crippen LogP contribution in [0.2, 0.25) is 0 Å². The first-order chi connectivity index (χ1) is 14.3. The predicted octanol–water partition coefficient (Wildman–Crippen LogP) is 4.69. The molecule has 1 amide bonds. The molecule has 0 radical (unpaired) electrons. The van der Waals surface area contributed by atoms with Crippen LogP contribution in [0.25, 0.3) is 10.9 Å². The van der Waals surface area contributed by atoms with E-state index in [0.29, 0.717) is 18.1 Å². The van der Waals surface area contributed by atoms with Crippen molar-refractivity contribution in [2.45, 2.75) is 75.9 Å². The van der Waals surface area contributed by atoms with Gasteiger partial charge in [0.2, 0.25) is 0 Å². The van der Waals surface area contributed by atoms with Gasteiger partial charge in [-0.05, 0) is 68.2 Å². The molecule has 0 spiro atoms. The first-order valence-electron chi connectivity index (χ1n) is 11.3. The maximum atomic E-state index is 13.8. The molecule has 5 nitrogen and oxygen atoms in total. The lowest BCUT2D eigenvalue weighted by molar-refractivity contribution is 0.0647. The first-order valence-corrected chi connectivity index (χ1v) is 11.3. The van der Waals surface area contributed by atoms with E-state index in [1.807, 2.05) is 24.5 Å². The zero-order chi connectivity index (χ0) is 19.4. The van der Waals surface area contributed by atoms with Crippen molar-refractivity contribution in [3.63, 3.8) is 0 Å². The molecule has 6 rings (SSSR count). The fourth-order valence-electron chi connectivity index (χ4n) is 5.65. The second-order valence-electron chi connectivity index (χ2n) is 9.20. The van der Waals surface area contributed by atoms with Crippen molar-refractivity contribution >= 4 is 23.0 Å². The number of amides is 1. The van der Waals surface area contributed by atoms with Crippen LogP contribution >= 0.6 is 0 Å². The summed E-state index contributed by atoms with van der Waals surface area (Å²) in [6.45, 7) is 0.874. The Hall–Kier alpha value is -2.43. The van der Waals surface area contributed by atoms with Gasteiger partial charge in [0.1, 0.15) is 0 Å². The lowest BCUT2D eigenvalue weighted by Crippen LogP contribution is -2.43. The summed E-state index contributed by atoms with van der Waals surface area (Å²) in [7, 11) is 0. The highest BCUT2D eigenvalue weighted by molar-refractivity contribution is 6.06. The molecule has 2 fully saturated rings. The van der Waals surface area contributed by atoms with Crippen molar-refractivity contribution in [3.8, 4) is 0 Å². The second kappa shape index (κ2) is 6.82. The van der Waals surface area contributed by atoms with E-state index in [4.69, 9.17) is 5.10 Å². The quantitative estimate of drug-likeness (QED) is 0.763. The van der Waals surface area contributed by atoms with Crippen LogP contribution in [-0.2, 0) is 0 Å². The van der Waals surface area contributed by atoms with Crippen LogP contribution in [0.1, 0.15) is 74.2 Å². The molecule has 1 aromatic carbocycles. The first kappa shape index (κ1) is 17.4. The van der Waals surface area contributed by atoms with E-state index in [1.165, 1.54) is 36.8 Å². The number of benzene rings is 1. The van der Waals surface area contributed by atoms with Gasteiger partial charge in [0.05, 0.1) is 29.9 Å². The molecule has 0 saturated heterocycles. The topological polar surface area (TPSA) is 50.5 Å². The van der Waals surface area contributed by atoms with Crippen LogP contribution in [-0.4, -0.2) is 45.4 Å². The molecular formula is C24H28N4O.